The summed E-state index contributed by atoms with van der Waals surface area (Å²) in [7, 11) is 1.35. The zero-order valence-corrected chi connectivity index (χ0v) is 12.5. The average Bonchev–Trinajstić information content (AvgIpc) is 2.54. The monoisotopic (exact) mass is 310 g/mol. The highest BCUT2D eigenvalue weighted by Gasteiger charge is 2.33. The molecule has 0 aromatic heterocycles. The summed E-state index contributed by atoms with van der Waals surface area (Å²) in [4.78, 5) is 12.2. The van der Waals surface area contributed by atoms with Crippen LogP contribution in [0.3, 0.4) is 0 Å². The van der Waals surface area contributed by atoms with Crippen molar-refractivity contribution in [1.82, 2.24) is 0 Å². The molecule has 2 heterocycles. The van der Waals surface area contributed by atoms with Gasteiger partial charge in [0.05, 0.1) is 29.9 Å². The van der Waals surface area contributed by atoms with Crippen LogP contribution in [-0.4, -0.2) is 37.8 Å². The third-order valence-corrected chi connectivity index (χ3v) is 4.50. The highest BCUT2D eigenvalue weighted by molar-refractivity contribution is 5.60. The van der Waals surface area contributed by atoms with Crippen molar-refractivity contribution in [1.29, 1.82) is 0 Å². The van der Waals surface area contributed by atoms with Crippen LogP contribution in [0.2, 0.25) is 0 Å². The molecular weight excluding hydrogens is 291 g/mol. The third kappa shape index (κ3) is 2.72. The van der Waals surface area contributed by atoms with E-state index in [1.54, 1.807) is 0 Å². The van der Waals surface area contributed by atoms with E-state index >= 15 is 0 Å². The first kappa shape index (κ1) is 15.0. The standard InChI is InChI=1S/C15H19FN2O4/c1-21-15-8-12(11(16)7-13(15)18(19)20)17-5-4-14-10(9-17)3-2-6-22-14/h7-8,10,14H,2-6,9H2,1H3/t10-,14-/m1/s1. The fourth-order valence-corrected chi connectivity index (χ4v) is 3.39. The molecule has 0 N–H and O–H groups in total. The van der Waals surface area contributed by atoms with Gasteiger partial charge in [0, 0.05) is 31.7 Å². The number of halogens is 1. The summed E-state index contributed by atoms with van der Waals surface area (Å²) in [6.07, 6.45) is 3.21. The summed E-state index contributed by atoms with van der Waals surface area (Å²) in [5, 5.41) is 10.9. The topological polar surface area (TPSA) is 64.8 Å². The number of anilines is 1. The number of nitro groups is 1. The summed E-state index contributed by atoms with van der Waals surface area (Å²) in [5.41, 5.74) is 0.0195. The Morgan fingerprint density at radius 3 is 3.00 bits per heavy atom. The molecule has 0 aliphatic carbocycles. The maximum Gasteiger partial charge on any atom is 0.313 e. The van der Waals surface area contributed by atoms with Crippen LogP contribution in [0.5, 0.6) is 5.75 Å². The van der Waals surface area contributed by atoms with E-state index < -0.39 is 10.7 Å². The summed E-state index contributed by atoms with van der Waals surface area (Å²) in [6, 6.07) is 2.37. The highest BCUT2D eigenvalue weighted by atomic mass is 19.1. The molecule has 0 amide bonds. The van der Waals surface area contributed by atoms with Crippen LogP contribution in [0.15, 0.2) is 12.1 Å². The van der Waals surface area contributed by atoms with Gasteiger partial charge in [0.25, 0.3) is 0 Å². The quantitative estimate of drug-likeness (QED) is 0.634. The van der Waals surface area contributed by atoms with Gasteiger partial charge < -0.3 is 14.4 Å². The molecule has 2 aliphatic heterocycles. The minimum absolute atomic E-state index is 0.0865. The Bertz CT molecular complexity index is 581. The summed E-state index contributed by atoms with van der Waals surface area (Å²) in [5.74, 6) is -0.103. The van der Waals surface area contributed by atoms with Crippen LogP contribution in [0.4, 0.5) is 15.8 Å². The van der Waals surface area contributed by atoms with E-state index in [2.05, 4.69) is 0 Å². The molecule has 22 heavy (non-hydrogen) atoms. The summed E-state index contributed by atoms with van der Waals surface area (Å²) in [6.45, 7) is 2.20. The predicted molar refractivity (Wildman–Crippen MR) is 78.9 cm³/mol. The Morgan fingerprint density at radius 2 is 2.27 bits per heavy atom. The molecule has 120 valence electrons. The van der Waals surface area contributed by atoms with E-state index in [0.29, 0.717) is 24.7 Å². The van der Waals surface area contributed by atoms with Crippen LogP contribution in [0, 0.1) is 21.8 Å². The van der Waals surface area contributed by atoms with Gasteiger partial charge in [0.1, 0.15) is 0 Å². The van der Waals surface area contributed by atoms with Gasteiger partial charge in [-0.1, -0.05) is 0 Å². The first-order chi connectivity index (χ1) is 10.6. The number of rotatable bonds is 3. The van der Waals surface area contributed by atoms with E-state index in [1.807, 2.05) is 4.90 Å². The predicted octanol–water partition coefficient (Wildman–Crippen LogP) is 2.75. The van der Waals surface area contributed by atoms with Crippen LogP contribution in [0.25, 0.3) is 0 Å². The van der Waals surface area contributed by atoms with Crippen molar-refractivity contribution in [2.45, 2.75) is 25.4 Å². The zero-order chi connectivity index (χ0) is 15.7. The number of hydrogen-bond acceptors (Lipinski definition) is 5. The summed E-state index contributed by atoms with van der Waals surface area (Å²) < 4.78 is 25.1. The fraction of sp³-hybridized carbons (Fsp3) is 0.600. The Morgan fingerprint density at radius 1 is 1.45 bits per heavy atom. The molecule has 6 nitrogen and oxygen atoms in total. The van der Waals surface area contributed by atoms with Gasteiger partial charge in [0.15, 0.2) is 11.6 Å². The fourth-order valence-electron chi connectivity index (χ4n) is 3.39. The normalized spacial score (nSPS) is 24.7. The lowest BCUT2D eigenvalue weighted by molar-refractivity contribution is -0.385. The highest BCUT2D eigenvalue weighted by Crippen LogP contribution is 2.37. The second kappa shape index (κ2) is 6.08. The first-order valence-corrected chi connectivity index (χ1v) is 7.48. The number of nitro benzene ring substituents is 1. The van der Waals surface area contributed by atoms with Crippen LogP contribution < -0.4 is 9.64 Å². The Kier molecular flexibility index (Phi) is 4.15. The SMILES string of the molecule is COc1cc(N2CC[C@H]3OCCC[C@@H]3C2)c(F)cc1[N+](=O)[O-]. The smallest absolute Gasteiger partial charge is 0.313 e. The van der Waals surface area contributed by atoms with Crippen molar-refractivity contribution in [3.8, 4) is 5.75 Å². The molecule has 2 fully saturated rings. The van der Waals surface area contributed by atoms with Crippen molar-refractivity contribution >= 4 is 11.4 Å². The number of fused-ring (bicyclic) bond motifs is 1. The molecule has 1 aromatic carbocycles. The van der Waals surface area contributed by atoms with E-state index in [1.165, 1.54) is 13.2 Å². The summed E-state index contributed by atoms with van der Waals surface area (Å²) >= 11 is 0. The van der Waals surface area contributed by atoms with Gasteiger partial charge in [-0.3, -0.25) is 10.1 Å². The number of piperidine rings is 1. The molecule has 0 radical (unpaired) electrons. The van der Waals surface area contributed by atoms with Crippen molar-refractivity contribution in [2.24, 2.45) is 5.92 Å². The molecule has 0 spiro atoms. The van der Waals surface area contributed by atoms with Crippen LogP contribution in [-0.2, 0) is 4.74 Å². The molecule has 2 atom stereocenters. The molecule has 7 heteroatoms. The van der Waals surface area contributed by atoms with Crippen LogP contribution >= 0.6 is 0 Å². The molecule has 0 saturated carbocycles. The number of nitrogens with zero attached hydrogens (tertiary/aromatic N) is 2. The van der Waals surface area contributed by atoms with Gasteiger partial charge in [-0.15, -0.1) is 0 Å². The van der Waals surface area contributed by atoms with Gasteiger partial charge >= 0.3 is 5.69 Å². The third-order valence-electron chi connectivity index (χ3n) is 4.50. The van der Waals surface area contributed by atoms with Crippen LogP contribution in [0.1, 0.15) is 19.3 Å². The molecule has 3 rings (SSSR count). The van der Waals surface area contributed by atoms with Gasteiger partial charge in [-0.05, 0) is 19.3 Å². The molecular formula is C15H19FN2O4. The number of hydrogen-bond donors (Lipinski definition) is 0. The second-order valence-corrected chi connectivity index (χ2v) is 5.78. The maximum absolute atomic E-state index is 14.3. The average molecular weight is 310 g/mol. The lowest BCUT2D eigenvalue weighted by Gasteiger charge is -2.42. The Labute approximate surface area is 128 Å². The lowest BCUT2D eigenvalue weighted by Crippen LogP contribution is -2.46. The van der Waals surface area contributed by atoms with Gasteiger partial charge in [0.2, 0.25) is 0 Å². The van der Waals surface area contributed by atoms with Gasteiger partial charge in [-0.25, -0.2) is 4.39 Å². The van der Waals surface area contributed by atoms with Crippen molar-refractivity contribution in [2.75, 3.05) is 31.7 Å². The molecule has 2 saturated heterocycles. The van der Waals surface area contributed by atoms with Crippen molar-refractivity contribution < 1.29 is 18.8 Å². The minimum atomic E-state index is -0.632. The lowest BCUT2D eigenvalue weighted by atomic mass is 9.88. The maximum atomic E-state index is 14.3. The zero-order valence-electron chi connectivity index (χ0n) is 12.5. The minimum Gasteiger partial charge on any atom is -0.490 e. The Balaban J connectivity index is 1.86. The Hall–Kier alpha value is -1.89. The van der Waals surface area contributed by atoms with E-state index in [0.717, 1.165) is 31.9 Å². The van der Waals surface area contributed by atoms with Crippen molar-refractivity contribution in [3.63, 3.8) is 0 Å². The molecule has 2 aliphatic rings. The molecule has 1 aromatic rings. The first-order valence-electron chi connectivity index (χ1n) is 7.48. The second-order valence-electron chi connectivity index (χ2n) is 5.78. The molecule has 0 unspecified atom stereocenters. The van der Waals surface area contributed by atoms with Gasteiger partial charge in [-0.2, -0.15) is 0 Å². The van der Waals surface area contributed by atoms with Crippen molar-refractivity contribution in [3.05, 3.63) is 28.1 Å². The largest absolute Gasteiger partial charge is 0.490 e. The van der Waals surface area contributed by atoms with E-state index in [9.17, 15) is 14.5 Å². The number of benzene rings is 1. The van der Waals surface area contributed by atoms with E-state index in [-0.39, 0.29) is 17.5 Å². The number of methoxy groups -OCH3 is 1. The molecule has 0 bridgehead atoms. The number of ether oxygens (including phenoxy) is 2. The van der Waals surface area contributed by atoms with E-state index in [4.69, 9.17) is 9.47 Å².